The molecule has 1 aromatic heterocycles. The van der Waals surface area contributed by atoms with E-state index in [4.69, 9.17) is 0 Å². The molecule has 0 aliphatic carbocycles. The summed E-state index contributed by atoms with van der Waals surface area (Å²) in [6.07, 6.45) is 2.77. The molecule has 0 radical (unpaired) electrons. The van der Waals surface area contributed by atoms with Crippen molar-refractivity contribution in [2.24, 2.45) is 0 Å². The van der Waals surface area contributed by atoms with Crippen LogP contribution in [0.15, 0.2) is 30.5 Å². The van der Waals surface area contributed by atoms with Crippen LogP contribution in [0.5, 0.6) is 0 Å². The van der Waals surface area contributed by atoms with Crippen LogP contribution in [-0.2, 0) is 6.42 Å². The van der Waals surface area contributed by atoms with Crippen LogP contribution in [0.4, 0.5) is 4.79 Å². The molecule has 3 N–H and O–H groups in total. The van der Waals surface area contributed by atoms with Crippen LogP contribution in [0.3, 0.4) is 0 Å². The van der Waals surface area contributed by atoms with Crippen molar-refractivity contribution in [1.29, 1.82) is 0 Å². The van der Waals surface area contributed by atoms with Gasteiger partial charge in [-0.15, -0.1) is 0 Å². The van der Waals surface area contributed by atoms with E-state index in [2.05, 4.69) is 33.8 Å². The summed E-state index contributed by atoms with van der Waals surface area (Å²) in [7, 11) is 0. The molecule has 2 aromatic rings. The smallest absolute Gasteiger partial charge is 0.314 e. The van der Waals surface area contributed by atoms with Crippen molar-refractivity contribution in [1.82, 2.24) is 15.6 Å². The highest BCUT2D eigenvalue weighted by Gasteiger charge is 1.99. The number of aromatic nitrogens is 1. The highest BCUT2D eigenvalue weighted by atomic mass is 16.2. The first-order valence-electron chi connectivity index (χ1n) is 5.87. The number of hydrogen-bond acceptors (Lipinski definition) is 1. The molecule has 0 saturated carbocycles. The van der Waals surface area contributed by atoms with E-state index in [-0.39, 0.29) is 6.03 Å². The van der Waals surface area contributed by atoms with Crippen molar-refractivity contribution in [3.63, 3.8) is 0 Å². The maximum Gasteiger partial charge on any atom is 0.314 e. The normalized spacial score (nSPS) is 10.4. The predicted molar refractivity (Wildman–Crippen MR) is 69.1 cm³/mol. The number of hydrogen-bond donors (Lipinski definition) is 3. The molecular formula is C13H17N3O. The molecule has 2 amide bonds. The first-order chi connectivity index (χ1) is 8.29. The molecule has 0 unspecified atom stereocenters. The van der Waals surface area contributed by atoms with Crippen molar-refractivity contribution in [2.45, 2.75) is 13.3 Å². The minimum absolute atomic E-state index is 0.103. The molecular weight excluding hydrogens is 214 g/mol. The highest BCUT2D eigenvalue weighted by molar-refractivity contribution is 5.79. The number of amides is 2. The number of carbonyl (C=O) groups is 1. The Kier molecular flexibility index (Phi) is 3.65. The SMILES string of the molecule is CCNC(=O)NCCc1ccc2cc[nH]c2c1. The van der Waals surface area contributed by atoms with E-state index < -0.39 is 0 Å². The summed E-state index contributed by atoms with van der Waals surface area (Å²) < 4.78 is 0. The lowest BCUT2D eigenvalue weighted by atomic mass is 10.1. The molecule has 0 atom stereocenters. The summed E-state index contributed by atoms with van der Waals surface area (Å²) in [4.78, 5) is 14.4. The first kappa shape index (κ1) is 11.5. The van der Waals surface area contributed by atoms with Crippen LogP contribution in [0.1, 0.15) is 12.5 Å². The van der Waals surface area contributed by atoms with Gasteiger partial charge in [0.25, 0.3) is 0 Å². The number of urea groups is 1. The van der Waals surface area contributed by atoms with E-state index in [1.807, 2.05) is 19.2 Å². The zero-order chi connectivity index (χ0) is 12.1. The minimum Gasteiger partial charge on any atom is -0.361 e. The fourth-order valence-corrected chi connectivity index (χ4v) is 1.79. The third-order valence-corrected chi connectivity index (χ3v) is 2.66. The van der Waals surface area contributed by atoms with Crippen molar-refractivity contribution in [2.75, 3.05) is 13.1 Å². The van der Waals surface area contributed by atoms with Crippen molar-refractivity contribution >= 4 is 16.9 Å². The van der Waals surface area contributed by atoms with Gasteiger partial charge in [0, 0.05) is 24.8 Å². The molecule has 1 heterocycles. The molecule has 0 saturated heterocycles. The van der Waals surface area contributed by atoms with Gasteiger partial charge in [0.05, 0.1) is 0 Å². The summed E-state index contributed by atoms with van der Waals surface area (Å²) >= 11 is 0. The molecule has 0 aliphatic rings. The van der Waals surface area contributed by atoms with Crippen LogP contribution in [-0.4, -0.2) is 24.1 Å². The average Bonchev–Trinajstić information content (AvgIpc) is 2.76. The van der Waals surface area contributed by atoms with Crippen molar-refractivity contribution in [3.8, 4) is 0 Å². The van der Waals surface area contributed by atoms with Gasteiger partial charge < -0.3 is 15.6 Å². The Balaban J connectivity index is 1.88. The number of rotatable bonds is 4. The number of nitrogens with one attached hydrogen (secondary N) is 3. The van der Waals surface area contributed by atoms with E-state index in [1.165, 1.54) is 10.9 Å². The number of aromatic amines is 1. The number of carbonyl (C=O) groups excluding carboxylic acids is 1. The average molecular weight is 231 g/mol. The molecule has 0 spiro atoms. The second kappa shape index (κ2) is 5.39. The lowest BCUT2D eigenvalue weighted by molar-refractivity contribution is 0.241. The van der Waals surface area contributed by atoms with Crippen molar-refractivity contribution < 1.29 is 4.79 Å². The molecule has 4 nitrogen and oxygen atoms in total. The molecule has 90 valence electrons. The van der Waals surface area contributed by atoms with Gasteiger partial charge in [-0.2, -0.15) is 0 Å². The molecule has 0 aliphatic heterocycles. The first-order valence-corrected chi connectivity index (χ1v) is 5.87. The summed E-state index contributed by atoms with van der Waals surface area (Å²) in [5.74, 6) is 0. The van der Waals surface area contributed by atoms with E-state index in [0.29, 0.717) is 13.1 Å². The Morgan fingerprint density at radius 3 is 3.00 bits per heavy atom. The lowest BCUT2D eigenvalue weighted by Crippen LogP contribution is -2.36. The maximum atomic E-state index is 11.2. The summed E-state index contributed by atoms with van der Waals surface area (Å²) in [5, 5.41) is 6.73. The third kappa shape index (κ3) is 3.00. The topological polar surface area (TPSA) is 56.9 Å². The van der Waals surface area contributed by atoms with Crippen LogP contribution in [0.25, 0.3) is 10.9 Å². The molecule has 4 heteroatoms. The van der Waals surface area contributed by atoms with Crippen molar-refractivity contribution in [3.05, 3.63) is 36.0 Å². The zero-order valence-electron chi connectivity index (χ0n) is 9.92. The Labute approximate surface area is 100 Å². The Hall–Kier alpha value is -1.97. The molecule has 0 bridgehead atoms. The van der Waals surface area contributed by atoms with E-state index in [9.17, 15) is 4.79 Å². The molecule has 17 heavy (non-hydrogen) atoms. The zero-order valence-corrected chi connectivity index (χ0v) is 9.92. The van der Waals surface area contributed by atoms with Gasteiger partial charge in [-0.05, 0) is 36.4 Å². The largest absolute Gasteiger partial charge is 0.361 e. The van der Waals surface area contributed by atoms with Crippen LogP contribution >= 0.6 is 0 Å². The van der Waals surface area contributed by atoms with E-state index >= 15 is 0 Å². The monoisotopic (exact) mass is 231 g/mol. The van der Waals surface area contributed by atoms with Crippen LogP contribution in [0, 0.1) is 0 Å². The van der Waals surface area contributed by atoms with Gasteiger partial charge in [-0.3, -0.25) is 0 Å². The van der Waals surface area contributed by atoms with Gasteiger partial charge >= 0.3 is 6.03 Å². The molecule has 1 aromatic carbocycles. The van der Waals surface area contributed by atoms with E-state index in [1.54, 1.807) is 0 Å². The minimum atomic E-state index is -0.103. The molecule has 2 rings (SSSR count). The Bertz CT molecular complexity index is 504. The third-order valence-electron chi connectivity index (χ3n) is 2.66. The highest BCUT2D eigenvalue weighted by Crippen LogP contribution is 2.14. The van der Waals surface area contributed by atoms with E-state index in [0.717, 1.165) is 11.9 Å². The van der Waals surface area contributed by atoms with Gasteiger partial charge in [-0.1, -0.05) is 12.1 Å². The fourth-order valence-electron chi connectivity index (χ4n) is 1.79. The fraction of sp³-hybridized carbons (Fsp3) is 0.308. The van der Waals surface area contributed by atoms with Crippen LogP contribution in [0.2, 0.25) is 0 Å². The predicted octanol–water partition coefficient (Wildman–Crippen LogP) is 2.03. The van der Waals surface area contributed by atoms with Gasteiger partial charge in [-0.25, -0.2) is 4.79 Å². The van der Waals surface area contributed by atoms with Crippen LogP contribution < -0.4 is 10.6 Å². The van der Waals surface area contributed by atoms with Gasteiger partial charge in [0.15, 0.2) is 0 Å². The summed E-state index contributed by atoms with van der Waals surface area (Å²) in [6, 6.07) is 8.25. The lowest BCUT2D eigenvalue weighted by Gasteiger charge is -2.05. The van der Waals surface area contributed by atoms with Gasteiger partial charge in [0.1, 0.15) is 0 Å². The number of fused-ring (bicyclic) bond motifs is 1. The second-order valence-electron chi connectivity index (χ2n) is 3.94. The Morgan fingerprint density at radius 1 is 1.29 bits per heavy atom. The summed E-state index contributed by atoms with van der Waals surface area (Å²) in [5.41, 5.74) is 2.36. The number of H-pyrrole nitrogens is 1. The molecule has 0 fully saturated rings. The quantitative estimate of drug-likeness (QED) is 0.741. The second-order valence-corrected chi connectivity index (χ2v) is 3.94. The number of benzene rings is 1. The Morgan fingerprint density at radius 2 is 2.18 bits per heavy atom. The summed E-state index contributed by atoms with van der Waals surface area (Å²) in [6.45, 7) is 3.21. The van der Waals surface area contributed by atoms with Gasteiger partial charge in [0.2, 0.25) is 0 Å². The standard InChI is InChI=1S/C13H17N3O/c1-2-14-13(17)16-7-5-10-3-4-11-6-8-15-12(11)9-10/h3-4,6,8-9,15H,2,5,7H2,1H3,(H2,14,16,17). The maximum absolute atomic E-state index is 11.2.